The molecule has 2 aromatic rings. The minimum Gasteiger partial charge on any atom is -0.481 e. The van der Waals surface area contributed by atoms with Crippen molar-refractivity contribution in [3.8, 4) is 11.1 Å². The molecule has 2 N–H and O–H groups in total. The number of aliphatic carboxylic acids is 1. The van der Waals surface area contributed by atoms with Gasteiger partial charge in [0, 0.05) is 31.5 Å². The van der Waals surface area contributed by atoms with Crippen molar-refractivity contribution in [3.63, 3.8) is 0 Å². The van der Waals surface area contributed by atoms with Crippen LogP contribution in [0.15, 0.2) is 48.5 Å². The Bertz CT molecular complexity index is 1090. The molecule has 0 spiro atoms. The molecule has 7 nitrogen and oxygen atoms in total. The van der Waals surface area contributed by atoms with E-state index in [1.165, 1.54) is 22.3 Å². The van der Waals surface area contributed by atoms with E-state index < -0.39 is 12.1 Å². The third kappa shape index (κ3) is 3.46. The number of ether oxygens (including phenoxy) is 1. The molecule has 6 rings (SSSR count). The van der Waals surface area contributed by atoms with Crippen LogP contribution in [0.2, 0.25) is 0 Å². The molecule has 0 radical (unpaired) electrons. The molecule has 2 amide bonds. The Labute approximate surface area is 191 Å². The Kier molecular flexibility index (Phi) is 4.67. The number of carbonyl (C=O) groups excluding carboxylic acids is 2. The van der Waals surface area contributed by atoms with E-state index in [-0.39, 0.29) is 48.0 Å². The summed E-state index contributed by atoms with van der Waals surface area (Å²) in [6.45, 7) is 1.81. The number of benzene rings is 2. The second kappa shape index (κ2) is 7.61. The summed E-state index contributed by atoms with van der Waals surface area (Å²) < 4.78 is 5.57. The first-order valence-corrected chi connectivity index (χ1v) is 11.6. The van der Waals surface area contributed by atoms with E-state index in [2.05, 4.69) is 29.6 Å². The maximum absolute atomic E-state index is 12.7. The molecule has 2 saturated carbocycles. The summed E-state index contributed by atoms with van der Waals surface area (Å²) in [5, 5.41) is 11.9. The van der Waals surface area contributed by atoms with Gasteiger partial charge in [0.25, 0.3) is 0 Å². The van der Waals surface area contributed by atoms with Gasteiger partial charge in [0.1, 0.15) is 6.61 Å². The average molecular weight is 447 g/mol. The highest BCUT2D eigenvalue weighted by molar-refractivity contribution is 5.83. The van der Waals surface area contributed by atoms with Crippen molar-refractivity contribution in [2.24, 2.45) is 29.6 Å². The Morgan fingerprint density at radius 1 is 0.970 bits per heavy atom. The number of carboxylic acids is 1. The Morgan fingerprint density at radius 2 is 1.58 bits per heavy atom. The number of hydrogen-bond acceptors (Lipinski definition) is 4. The van der Waals surface area contributed by atoms with Crippen LogP contribution >= 0.6 is 0 Å². The fourth-order valence-electron chi connectivity index (χ4n) is 5.95. The molecule has 3 fully saturated rings. The van der Waals surface area contributed by atoms with Gasteiger partial charge in [-0.25, -0.2) is 4.79 Å². The van der Waals surface area contributed by atoms with Gasteiger partial charge >= 0.3 is 12.1 Å². The van der Waals surface area contributed by atoms with Gasteiger partial charge in [0.05, 0.1) is 5.92 Å². The zero-order valence-electron chi connectivity index (χ0n) is 18.1. The van der Waals surface area contributed by atoms with E-state index in [1.54, 1.807) is 0 Å². The van der Waals surface area contributed by atoms with Gasteiger partial charge in [0.2, 0.25) is 5.91 Å². The molecule has 2 aromatic carbocycles. The number of carbonyl (C=O) groups is 3. The number of fused-ring (bicyclic) bond motifs is 4. The summed E-state index contributed by atoms with van der Waals surface area (Å²) in [6.07, 6.45) is 0.304. The molecular formula is C26H26N2O5. The van der Waals surface area contributed by atoms with Gasteiger partial charge in [0.15, 0.2) is 0 Å². The normalized spacial score (nSPS) is 28.5. The van der Waals surface area contributed by atoms with E-state index in [1.807, 2.05) is 29.2 Å². The first-order chi connectivity index (χ1) is 16.0. The fourth-order valence-corrected chi connectivity index (χ4v) is 5.95. The van der Waals surface area contributed by atoms with Crippen molar-refractivity contribution in [1.82, 2.24) is 10.2 Å². The van der Waals surface area contributed by atoms with Crippen LogP contribution in [0.5, 0.6) is 0 Å². The molecule has 5 atom stereocenters. The second-order valence-corrected chi connectivity index (χ2v) is 9.74. The molecule has 170 valence electrons. The Morgan fingerprint density at radius 3 is 2.18 bits per heavy atom. The summed E-state index contributed by atoms with van der Waals surface area (Å²) in [5.41, 5.74) is 4.73. The van der Waals surface area contributed by atoms with Gasteiger partial charge in [-0.2, -0.15) is 0 Å². The second-order valence-electron chi connectivity index (χ2n) is 9.74. The number of likely N-dealkylation sites (tertiary alicyclic amines) is 1. The smallest absolute Gasteiger partial charge is 0.407 e. The summed E-state index contributed by atoms with van der Waals surface area (Å²) in [7, 11) is 0. The number of alkyl carbamates (subject to hydrolysis) is 1. The first kappa shape index (κ1) is 20.3. The number of piperidine rings is 1. The fraction of sp³-hybridized carbons (Fsp3) is 0.423. The van der Waals surface area contributed by atoms with E-state index in [0.717, 1.165) is 6.42 Å². The van der Waals surface area contributed by atoms with Crippen LogP contribution in [0.4, 0.5) is 4.79 Å². The minimum atomic E-state index is -0.742. The summed E-state index contributed by atoms with van der Waals surface area (Å²) >= 11 is 0. The van der Waals surface area contributed by atoms with Crippen LogP contribution in [0.25, 0.3) is 11.1 Å². The number of rotatable bonds is 6. The van der Waals surface area contributed by atoms with Crippen molar-refractivity contribution in [2.45, 2.75) is 12.3 Å². The Hall–Kier alpha value is -3.35. The lowest BCUT2D eigenvalue weighted by atomic mass is 9.98. The third-order valence-electron chi connectivity index (χ3n) is 7.88. The molecule has 7 heteroatoms. The molecule has 1 saturated heterocycles. The summed E-state index contributed by atoms with van der Waals surface area (Å²) in [4.78, 5) is 37.9. The Balaban J connectivity index is 0.976. The molecule has 33 heavy (non-hydrogen) atoms. The monoisotopic (exact) mass is 446 g/mol. The van der Waals surface area contributed by atoms with E-state index >= 15 is 0 Å². The SMILES string of the molecule is O=C(NCC1CC1C(=O)N1C[C@@H]2C(C(=O)O)[C@@H]2C1)OCC1c2ccccc2-c2ccccc21. The van der Waals surface area contributed by atoms with Crippen LogP contribution < -0.4 is 5.32 Å². The standard InChI is InChI=1S/C26H26N2O5/c29-24(28-11-20-21(12-28)23(20)25(30)31)19-9-14(19)10-27-26(32)33-13-22-17-7-3-1-5-15(17)16-6-2-4-8-18(16)22/h1-8,14,19-23H,9-13H2,(H,27,32)(H,30,31)/t14?,19?,20-,21+,23?. The maximum atomic E-state index is 12.7. The van der Waals surface area contributed by atoms with Gasteiger partial charge in [-0.15, -0.1) is 0 Å². The highest BCUT2D eigenvalue weighted by Crippen LogP contribution is 2.53. The predicted octanol–water partition coefficient (Wildman–Crippen LogP) is 2.95. The van der Waals surface area contributed by atoms with E-state index in [0.29, 0.717) is 19.6 Å². The van der Waals surface area contributed by atoms with Crippen LogP contribution in [0.1, 0.15) is 23.5 Å². The number of nitrogens with one attached hydrogen (secondary N) is 1. The lowest BCUT2D eigenvalue weighted by Gasteiger charge is -2.19. The van der Waals surface area contributed by atoms with Crippen molar-refractivity contribution in [2.75, 3.05) is 26.2 Å². The number of carboxylic acid groups (broad SMARTS) is 1. The van der Waals surface area contributed by atoms with Crippen molar-refractivity contribution < 1.29 is 24.2 Å². The van der Waals surface area contributed by atoms with Gasteiger partial charge in [-0.05, 0) is 46.4 Å². The molecule has 1 aliphatic heterocycles. The lowest BCUT2D eigenvalue weighted by molar-refractivity contribution is -0.141. The quantitative estimate of drug-likeness (QED) is 0.711. The third-order valence-corrected chi connectivity index (χ3v) is 7.88. The first-order valence-electron chi connectivity index (χ1n) is 11.6. The van der Waals surface area contributed by atoms with Gasteiger partial charge in [-0.3, -0.25) is 9.59 Å². The summed E-state index contributed by atoms with van der Waals surface area (Å²) in [6, 6.07) is 16.4. The molecule has 4 aliphatic rings. The zero-order valence-corrected chi connectivity index (χ0v) is 18.1. The largest absolute Gasteiger partial charge is 0.481 e. The molecule has 3 aliphatic carbocycles. The van der Waals surface area contributed by atoms with Crippen LogP contribution in [-0.4, -0.2) is 54.2 Å². The van der Waals surface area contributed by atoms with Crippen molar-refractivity contribution in [3.05, 3.63) is 59.7 Å². The highest BCUT2D eigenvalue weighted by atomic mass is 16.5. The molecule has 0 bridgehead atoms. The van der Waals surface area contributed by atoms with Gasteiger partial charge in [-0.1, -0.05) is 48.5 Å². The van der Waals surface area contributed by atoms with E-state index in [4.69, 9.17) is 9.84 Å². The molecule has 0 aromatic heterocycles. The van der Waals surface area contributed by atoms with Gasteiger partial charge < -0.3 is 20.1 Å². The van der Waals surface area contributed by atoms with Crippen molar-refractivity contribution in [1.29, 1.82) is 0 Å². The van der Waals surface area contributed by atoms with Crippen LogP contribution in [0, 0.1) is 29.6 Å². The predicted molar refractivity (Wildman–Crippen MR) is 119 cm³/mol. The lowest BCUT2D eigenvalue weighted by Crippen LogP contribution is -2.35. The average Bonchev–Trinajstić information content (AvgIpc) is 3.67. The van der Waals surface area contributed by atoms with E-state index in [9.17, 15) is 14.4 Å². The number of hydrogen-bond donors (Lipinski definition) is 2. The minimum absolute atomic E-state index is 0.0228. The number of amides is 2. The van der Waals surface area contributed by atoms with Crippen LogP contribution in [-0.2, 0) is 14.3 Å². The number of nitrogens with zero attached hydrogens (tertiary/aromatic N) is 1. The molecule has 3 unspecified atom stereocenters. The molecular weight excluding hydrogens is 420 g/mol. The molecule has 1 heterocycles. The highest BCUT2D eigenvalue weighted by Gasteiger charge is 2.61. The summed E-state index contributed by atoms with van der Waals surface area (Å²) in [5.74, 6) is -0.566. The zero-order chi connectivity index (χ0) is 22.7. The van der Waals surface area contributed by atoms with Crippen molar-refractivity contribution >= 4 is 18.0 Å². The van der Waals surface area contributed by atoms with Crippen LogP contribution in [0.3, 0.4) is 0 Å². The maximum Gasteiger partial charge on any atom is 0.407 e. The topological polar surface area (TPSA) is 95.9 Å².